The van der Waals surface area contributed by atoms with E-state index in [4.69, 9.17) is 0 Å². The van der Waals surface area contributed by atoms with Crippen molar-refractivity contribution < 1.29 is 14.7 Å². The summed E-state index contributed by atoms with van der Waals surface area (Å²) in [6, 6.07) is 27.3. The van der Waals surface area contributed by atoms with Crippen LogP contribution in [-0.4, -0.2) is 42.9 Å². The summed E-state index contributed by atoms with van der Waals surface area (Å²) < 4.78 is 1.48. The van der Waals surface area contributed by atoms with Crippen LogP contribution in [0.5, 0.6) is 0 Å². The zero-order valence-electron chi connectivity index (χ0n) is 24.0. The highest BCUT2D eigenvalue weighted by Gasteiger charge is 2.33. The Balaban J connectivity index is 1.49. The van der Waals surface area contributed by atoms with Gasteiger partial charge in [-0.25, -0.2) is 0 Å². The fourth-order valence-corrected chi connectivity index (χ4v) is 5.18. The zero-order chi connectivity index (χ0) is 29.9. The van der Waals surface area contributed by atoms with Gasteiger partial charge in [0.25, 0.3) is 5.91 Å². The number of nitrogens with one attached hydrogen (secondary N) is 3. The third kappa shape index (κ3) is 6.01. The number of aliphatic hydroxyl groups is 1. The van der Waals surface area contributed by atoms with Crippen LogP contribution in [0.4, 0.5) is 5.69 Å². The van der Waals surface area contributed by atoms with Gasteiger partial charge < -0.3 is 15.7 Å². The largest absolute Gasteiger partial charge is 0.384 e. The van der Waals surface area contributed by atoms with Gasteiger partial charge in [-0.3, -0.25) is 19.4 Å². The molecule has 5 rings (SSSR count). The maximum Gasteiger partial charge on any atom is 0.270 e. The van der Waals surface area contributed by atoms with Crippen molar-refractivity contribution in [2.45, 2.75) is 38.3 Å². The quantitative estimate of drug-likeness (QED) is 0.203. The number of carbonyl (C=O) groups excluding carboxylic acids is 2. The van der Waals surface area contributed by atoms with Crippen molar-refractivity contribution in [1.82, 2.24) is 25.3 Å². The molecule has 0 bridgehead atoms. The fourth-order valence-electron chi connectivity index (χ4n) is 5.18. The average molecular weight is 563 g/mol. The third-order valence-corrected chi connectivity index (χ3v) is 7.24. The molecule has 0 radical (unpaired) electrons. The van der Waals surface area contributed by atoms with Crippen molar-refractivity contribution >= 4 is 17.5 Å². The second kappa shape index (κ2) is 11.8. The first-order chi connectivity index (χ1) is 20.1. The highest BCUT2D eigenvalue weighted by molar-refractivity contribution is 6.01. The Bertz CT molecular complexity index is 1630. The van der Waals surface area contributed by atoms with E-state index < -0.39 is 23.5 Å². The van der Waals surface area contributed by atoms with E-state index in [-0.39, 0.29) is 5.91 Å². The van der Waals surface area contributed by atoms with Crippen molar-refractivity contribution in [2.75, 3.05) is 5.32 Å². The van der Waals surface area contributed by atoms with Crippen LogP contribution in [0.25, 0.3) is 11.1 Å². The molecule has 0 aliphatic rings. The Kier molecular flexibility index (Phi) is 8.04. The van der Waals surface area contributed by atoms with Gasteiger partial charge in [-0.1, -0.05) is 72.8 Å². The Labute approximate surface area is 244 Å². The van der Waals surface area contributed by atoms with E-state index in [1.807, 2.05) is 79.7 Å². The van der Waals surface area contributed by atoms with Gasteiger partial charge >= 0.3 is 0 Å². The second-order valence-electron chi connectivity index (χ2n) is 10.8. The lowest BCUT2D eigenvalue weighted by molar-refractivity contribution is -0.118. The summed E-state index contributed by atoms with van der Waals surface area (Å²) in [6.07, 6.45) is 1.54. The Morgan fingerprint density at radius 1 is 0.905 bits per heavy atom. The maximum absolute atomic E-state index is 14.0. The number of benzene rings is 3. The molecule has 9 nitrogen and oxygen atoms in total. The molecule has 42 heavy (non-hydrogen) atoms. The van der Waals surface area contributed by atoms with Gasteiger partial charge in [-0.15, -0.1) is 0 Å². The molecular formula is C33H34N6O3. The Hall–Kier alpha value is -5.02. The molecule has 0 fully saturated rings. The smallest absolute Gasteiger partial charge is 0.270 e. The van der Waals surface area contributed by atoms with E-state index in [0.29, 0.717) is 17.1 Å². The minimum absolute atomic E-state index is 0.343. The molecule has 3 aromatic carbocycles. The SMILES string of the molecule is Cc1[nH]nc(C(C)(C)O)c1-c1ccc(NC(=O)[C@@H](NC(=O)c2ccnn2C)C(c2ccccc2)c2ccccc2)cc1. The Morgan fingerprint density at radius 2 is 1.50 bits per heavy atom. The van der Waals surface area contributed by atoms with Crippen molar-refractivity contribution in [2.24, 2.45) is 7.05 Å². The van der Waals surface area contributed by atoms with Gasteiger partial charge in [0.2, 0.25) is 5.91 Å². The van der Waals surface area contributed by atoms with E-state index >= 15 is 0 Å². The van der Waals surface area contributed by atoms with Crippen molar-refractivity contribution in [1.29, 1.82) is 0 Å². The number of aryl methyl sites for hydroxylation is 2. The molecule has 0 saturated carbocycles. The molecule has 5 aromatic rings. The maximum atomic E-state index is 14.0. The van der Waals surface area contributed by atoms with Gasteiger partial charge in [0.1, 0.15) is 23.0 Å². The normalized spacial score (nSPS) is 12.2. The number of hydrogen-bond donors (Lipinski definition) is 4. The van der Waals surface area contributed by atoms with Gasteiger partial charge in [-0.2, -0.15) is 10.2 Å². The number of rotatable bonds is 9. The number of hydrogen-bond acceptors (Lipinski definition) is 5. The number of amides is 2. The molecule has 0 saturated heterocycles. The standard InChI is InChI=1S/C33H34N6O3/c1-21-27(30(38-37-21)33(2,3)42)24-15-17-25(18-16-24)35-32(41)29(36-31(40)26-19-20-34-39(26)4)28(22-11-7-5-8-12-22)23-13-9-6-10-14-23/h5-20,28-29,42H,1-4H3,(H,35,41)(H,36,40)(H,37,38)/t29-/m0/s1. The van der Waals surface area contributed by atoms with E-state index in [2.05, 4.69) is 25.9 Å². The number of aromatic nitrogens is 4. The molecule has 0 spiro atoms. The molecule has 9 heteroatoms. The molecule has 2 heterocycles. The summed E-state index contributed by atoms with van der Waals surface area (Å²) in [4.78, 5) is 27.4. The molecule has 0 aliphatic carbocycles. The van der Waals surface area contributed by atoms with Crippen LogP contribution in [-0.2, 0) is 17.4 Å². The van der Waals surface area contributed by atoms with E-state index in [0.717, 1.165) is 27.9 Å². The highest BCUT2D eigenvalue weighted by Crippen LogP contribution is 2.33. The zero-order valence-corrected chi connectivity index (χ0v) is 24.0. The molecule has 2 aromatic heterocycles. The summed E-state index contributed by atoms with van der Waals surface area (Å²) in [5.74, 6) is -1.24. The topological polar surface area (TPSA) is 125 Å². The van der Waals surface area contributed by atoms with E-state index in [1.54, 1.807) is 45.3 Å². The van der Waals surface area contributed by atoms with E-state index in [1.165, 1.54) is 4.68 Å². The first kappa shape index (κ1) is 28.5. The number of nitrogens with zero attached hydrogens (tertiary/aromatic N) is 3. The van der Waals surface area contributed by atoms with E-state index in [9.17, 15) is 14.7 Å². The summed E-state index contributed by atoms with van der Waals surface area (Å²) in [7, 11) is 1.68. The summed E-state index contributed by atoms with van der Waals surface area (Å²) >= 11 is 0. The molecule has 0 unspecified atom stereocenters. The lowest BCUT2D eigenvalue weighted by atomic mass is 9.84. The first-order valence-electron chi connectivity index (χ1n) is 13.7. The highest BCUT2D eigenvalue weighted by atomic mass is 16.3. The lowest BCUT2D eigenvalue weighted by Crippen LogP contribution is -2.48. The molecule has 4 N–H and O–H groups in total. The van der Waals surface area contributed by atoms with Crippen molar-refractivity contribution in [3.05, 3.63) is 125 Å². The average Bonchev–Trinajstić information content (AvgIpc) is 3.59. The van der Waals surface area contributed by atoms with Crippen molar-refractivity contribution in [3.63, 3.8) is 0 Å². The number of anilines is 1. The first-order valence-corrected chi connectivity index (χ1v) is 13.7. The Morgan fingerprint density at radius 3 is 2.02 bits per heavy atom. The van der Waals surface area contributed by atoms with Gasteiger partial charge in [0.15, 0.2) is 0 Å². The minimum atomic E-state index is -1.13. The second-order valence-corrected chi connectivity index (χ2v) is 10.8. The summed E-state index contributed by atoms with van der Waals surface area (Å²) in [6.45, 7) is 5.28. The predicted molar refractivity (Wildman–Crippen MR) is 162 cm³/mol. The summed E-state index contributed by atoms with van der Waals surface area (Å²) in [5.41, 5.74) is 4.59. The van der Waals surface area contributed by atoms with Crippen LogP contribution < -0.4 is 10.6 Å². The van der Waals surface area contributed by atoms with Gasteiger partial charge in [0.05, 0.1) is 0 Å². The van der Waals surface area contributed by atoms with Crippen LogP contribution in [0.15, 0.2) is 97.2 Å². The number of H-pyrrole nitrogens is 1. The van der Waals surface area contributed by atoms with Gasteiger partial charge in [-0.05, 0) is 55.7 Å². The molecule has 0 aliphatic heterocycles. The molecule has 1 atom stereocenters. The predicted octanol–water partition coefficient (Wildman–Crippen LogP) is 4.92. The van der Waals surface area contributed by atoms with Crippen LogP contribution >= 0.6 is 0 Å². The molecular weight excluding hydrogens is 528 g/mol. The molecule has 214 valence electrons. The molecule has 2 amide bonds. The van der Waals surface area contributed by atoms with Crippen LogP contribution in [0.1, 0.15) is 52.8 Å². The van der Waals surface area contributed by atoms with Crippen molar-refractivity contribution in [3.8, 4) is 11.1 Å². The lowest BCUT2D eigenvalue weighted by Gasteiger charge is -2.28. The number of carbonyl (C=O) groups is 2. The van der Waals surface area contributed by atoms with Gasteiger partial charge in [0, 0.05) is 36.1 Å². The fraction of sp³-hybridized carbons (Fsp3) is 0.212. The monoisotopic (exact) mass is 562 g/mol. The summed E-state index contributed by atoms with van der Waals surface area (Å²) in [5, 5.41) is 28.0. The van der Waals surface area contributed by atoms with Crippen LogP contribution in [0, 0.1) is 6.92 Å². The number of aromatic amines is 1. The minimum Gasteiger partial charge on any atom is -0.384 e. The van der Waals surface area contributed by atoms with Crippen LogP contribution in [0.3, 0.4) is 0 Å². The third-order valence-electron chi connectivity index (χ3n) is 7.24. The van der Waals surface area contributed by atoms with Crippen LogP contribution in [0.2, 0.25) is 0 Å².